The van der Waals surface area contributed by atoms with Gasteiger partial charge >= 0.3 is 0 Å². The van der Waals surface area contributed by atoms with E-state index < -0.39 is 7.82 Å². The first-order valence-corrected chi connectivity index (χ1v) is 8.63. The predicted octanol–water partition coefficient (Wildman–Crippen LogP) is 1.50. The Morgan fingerprint density at radius 1 is 1.15 bits per heavy atom. The van der Waals surface area contributed by atoms with E-state index in [4.69, 9.17) is 19.2 Å². The molecule has 0 bridgehead atoms. The van der Waals surface area contributed by atoms with Crippen molar-refractivity contribution in [3.8, 4) is 0 Å². The molecule has 0 saturated heterocycles. The number of aryl methyl sites for hydroxylation is 2. The second-order valence-corrected chi connectivity index (χ2v) is 5.91. The number of hydrogen-bond acceptors (Lipinski definition) is 2. The molecule has 1 heterocycles. The SMILES string of the molecule is CCCCCCCCCn1cc[n+](C)c1.O=P([O-])(O)O. The van der Waals surface area contributed by atoms with Gasteiger partial charge in [-0.15, -0.1) is 0 Å². The van der Waals surface area contributed by atoms with E-state index in [1.165, 1.54) is 51.5 Å². The molecule has 2 N–H and O–H groups in total. The molecule has 0 aliphatic heterocycles. The van der Waals surface area contributed by atoms with E-state index in [1.807, 2.05) is 0 Å². The number of aromatic nitrogens is 2. The van der Waals surface area contributed by atoms with Crippen LogP contribution in [0.4, 0.5) is 0 Å². The van der Waals surface area contributed by atoms with Gasteiger partial charge in [0.15, 0.2) is 0 Å². The van der Waals surface area contributed by atoms with Crippen LogP contribution in [0, 0.1) is 0 Å². The minimum atomic E-state index is -4.89. The Labute approximate surface area is 121 Å². The van der Waals surface area contributed by atoms with Crippen LogP contribution in [0.15, 0.2) is 18.7 Å². The molecule has 6 nitrogen and oxygen atoms in total. The van der Waals surface area contributed by atoms with Gasteiger partial charge in [-0.25, -0.2) is 9.13 Å². The van der Waals surface area contributed by atoms with Crippen LogP contribution < -0.4 is 9.46 Å². The molecule has 0 radical (unpaired) electrons. The predicted molar refractivity (Wildman–Crippen MR) is 75.6 cm³/mol. The largest absolute Gasteiger partial charge is 0.756 e. The number of hydrogen-bond donors (Lipinski definition) is 2. The summed E-state index contributed by atoms with van der Waals surface area (Å²) < 4.78 is 13.1. The van der Waals surface area contributed by atoms with E-state index in [1.54, 1.807) is 0 Å². The quantitative estimate of drug-likeness (QED) is 0.433. The highest BCUT2D eigenvalue weighted by atomic mass is 31.2. The zero-order valence-electron chi connectivity index (χ0n) is 12.4. The van der Waals surface area contributed by atoms with Crippen molar-refractivity contribution in [1.29, 1.82) is 0 Å². The Morgan fingerprint density at radius 2 is 1.65 bits per heavy atom. The summed E-state index contributed by atoms with van der Waals surface area (Å²) >= 11 is 0. The number of rotatable bonds is 8. The molecule has 0 aliphatic rings. The second kappa shape index (κ2) is 11.0. The van der Waals surface area contributed by atoms with Gasteiger partial charge in [-0.3, -0.25) is 4.57 Å². The number of nitrogens with zero attached hydrogens (tertiary/aromatic N) is 2. The molecule has 0 fully saturated rings. The molecule has 1 aromatic rings. The minimum absolute atomic E-state index is 1.18. The molecule has 0 amide bonds. The van der Waals surface area contributed by atoms with Crippen LogP contribution in [0.3, 0.4) is 0 Å². The average Bonchev–Trinajstić information content (AvgIpc) is 2.72. The lowest BCUT2D eigenvalue weighted by atomic mass is 10.1. The van der Waals surface area contributed by atoms with Crippen molar-refractivity contribution in [2.45, 2.75) is 58.4 Å². The molecule has 0 aliphatic carbocycles. The number of imidazole rings is 1. The molecule has 0 aromatic carbocycles. The molecule has 0 saturated carbocycles. The summed E-state index contributed by atoms with van der Waals surface area (Å²) in [5, 5.41) is 0. The fourth-order valence-corrected chi connectivity index (χ4v) is 1.89. The monoisotopic (exact) mass is 306 g/mol. The van der Waals surface area contributed by atoms with E-state index in [9.17, 15) is 0 Å². The van der Waals surface area contributed by atoms with E-state index in [0.717, 1.165) is 0 Å². The standard InChI is InChI=1S/C13H25N2.H3O4P/c1-3-4-5-6-7-8-9-10-15-12-11-14(2)13-15;1-5(2,3)4/h11-13H,3-10H2,1-2H3;(H3,1,2,3,4)/q+1;/p-1. The molecule has 0 unspecified atom stereocenters. The van der Waals surface area contributed by atoms with Crippen LogP contribution in [0.5, 0.6) is 0 Å². The molecule has 1 rings (SSSR count). The van der Waals surface area contributed by atoms with Gasteiger partial charge in [-0.1, -0.05) is 39.0 Å². The normalized spacial score (nSPS) is 11.1. The lowest BCUT2D eigenvalue weighted by Crippen LogP contribution is -2.23. The van der Waals surface area contributed by atoms with Crippen molar-refractivity contribution in [1.82, 2.24) is 4.57 Å². The van der Waals surface area contributed by atoms with E-state index in [2.05, 4.69) is 41.8 Å². The van der Waals surface area contributed by atoms with Crippen molar-refractivity contribution in [3.05, 3.63) is 18.7 Å². The maximum atomic E-state index is 8.77. The van der Waals surface area contributed by atoms with E-state index >= 15 is 0 Å². The number of phosphoric acid groups is 1. The Balaban J connectivity index is 0.000000621. The Kier molecular flexibility index (Phi) is 10.7. The van der Waals surface area contributed by atoms with Crippen molar-refractivity contribution in [2.24, 2.45) is 7.05 Å². The van der Waals surface area contributed by atoms with E-state index in [0.29, 0.717) is 0 Å². The first kappa shape index (κ1) is 19.3. The van der Waals surface area contributed by atoms with Gasteiger partial charge < -0.3 is 14.7 Å². The zero-order valence-corrected chi connectivity index (χ0v) is 13.3. The highest BCUT2D eigenvalue weighted by molar-refractivity contribution is 7.43. The Morgan fingerprint density at radius 3 is 2.10 bits per heavy atom. The van der Waals surface area contributed by atoms with Crippen LogP contribution >= 0.6 is 7.82 Å². The van der Waals surface area contributed by atoms with Crippen LogP contribution in [0.2, 0.25) is 0 Å². The van der Waals surface area contributed by atoms with Gasteiger partial charge in [0.2, 0.25) is 6.33 Å². The Bertz CT molecular complexity index is 381. The highest BCUT2D eigenvalue weighted by Gasteiger charge is 1.98. The first-order valence-electron chi connectivity index (χ1n) is 7.10. The van der Waals surface area contributed by atoms with Crippen molar-refractivity contribution >= 4 is 7.82 Å². The van der Waals surface area contributed by atoms with Gasteiger partial charge in [0, 0.05) is 0 Å². The lowest BCUT2D eigenvalue weighted by molar-refractivity contribution is -0.671. The van der Waals surface area contributed by atoms with Gasteiger partial charge in [-0.2, -0.15) is 0 Å². The third-order valence-corrected chi connectivity index (χ3v) is 2.84. The number of unbranched alkanes of at least 4 members (excludes halogenated alkanes) is 6. The summed E-state index contributed by atoms with van der Waals surface area (Å²) in [6, 6.07) is 0. The Hall–Kier alpha value is -0.680. The summed E-state index contributed by atoms with van der Waals surface area (Å²) in [5.74, 6) is 0. The summed E-state index contributed by atoms with van der Waals surface area (Å²) in [6.45, 7) is 3.45. The van der Waals surface area contributed by atoms with Crippen LogP contribution in [0.25, 0.3) is 0 Å². The third kappa shape index (κ3) is 15.4. The fourth-order valence-electron chi connectivity index (χ4n) is 1.89. The molecule has 118 valence electrons. The second-order valence-electron chi connectivity index (χ2n) is 4.93. The van der Waals surface area contributed by atoms with Crippen molar-refractivity contribution in [2.75, 3.05) is 0 Å². The first-order chi connectivity index (χ1) is 9.33. The lowest BCUT2D eigenvalue weighted by Gasteiger charge is -2.01. The van der Waals surface area contributed by atoms with E-state index in [-0.39, 0.29) is 0 Å². The summed E-state index contributed by atoms with van der Waals surface area (Å²) in [5.41, 5.74) is 0. The molecule has 20 heavy (non-hydrogen) atoms. The summed E-state index contributed by atoms with van der Waals surface area (Å²) in [4.78, 5) is 22.9. The maximum Gasteiger partial charge on any atom is 0.262 e. The molecular formula is C13H27N2O4P. The van der Waals surface area contributed by atoms with Crippen molar-refractivity contribution in [3.63, 3.8) is 0 Å². The van der Waals surface area contributed by atoms with Crippen LogP contribution in [-0.2, 0) is 18.2 Å². The highest BCUT2D eigenvalue weighted by Crippen LogP contribution is 2.18. The summed E-state index contributed by atoms with van der Waals surface area (Å²) in [7, 11) is -2.82. The minimum Gasteiger partial charge on any atom is -0.756 e. The van der Waals surface area contributed by atoms with Gasteiger partial charge in [0.25, 0.3) is 7.82 Å². The topological polar surface area (TPSA) is 89.4 Å². The summed E-state index contributed by atoms with van der Waals surface area (Å²) in [6.07, 6.45) is 16.1. The molecular weight excluding hydrogens is 279 g/mol. The van der Waals surface area contributed by atoms with Crippen molar-refractivity contribution < 1.29 is 23.8 Å². The third-order valence-electron chi connectivity index (χ3n) is 2.84. The van der Waals surface area contributed by atoms with Gasteiger partial charge in [0.1, 0.15) is 12.4 Å². The zero-order chi connectivity index (χ0) is 15.4. The van der Waals surface area contributed by atoms with Gasteiger partial charge in [-0.05, 0) is 12.8 Å². The smallest absolute Gasteiger partial charge is 0.262 e. The molecule has 0 spiro atoms. The molecule has 7 heteroatoms. The fraction of sp³-hybridized carbons (Fsp3) is 0.769. The average molecular weight is 306 g/mol. The molecule has 1 aromatic heterocycles. The van der Waals surface area contributed by atoms with Crippen LogP contribution in [0.1, 0.15) is 51.9 Å². The maximum absolute atomic E-state index is 8.77. The van der Waals surface area contributed by atoms with Crippen LogP contribution in [-0.4, -0.2) is 14.4 Å². The van der Waals surface area contributed by atoms with Gasteiger partial charge in [0.05, 0.1) is 13.6 Å². The molecule has 0 atom stereocenters.